The van der Waals surface area contributed by atoms with Crippen molar-refractivity contribution in [1.82, 2.24) is 14.5 Å². The summed E-state index contributed by atoms with van der Waals surface area (Å²) in [6.45, 7) is 0.114. The summed E-state index contributed by atoms with van der Waals surface area (Å²) in [5, 5.41) is 11.7. The lowest BCUT2D eigenvalue weighted by molar-refractivity contribution is -0.131. The number of allylic oxidation sites excluding steroid dienone is 1. The molecular weight excluding hydrogens is 410 g/mol. The van der Waals surface area contributed by atoms with Crippen LogP contribution in [0.2, 0.25) is 0 Å². The molecule has 2 N–H and O–H groups in total. The average molecular weight is 429 g/mol. The summed E-state index contributed by atoms with van der Waals surface area (Å²) in [6.07, 6.45) is 2.08. The minimum absolute atomic E-state index is 0.178. The van der Waals surface area contributed by atoms with Gasteiger partial charge in [-0.1, -0.05) is 18.2 Å². The van der Waals surface area contributed by atoms with Crippen LogP contribution in [-0.2, 0) is 24.9 Å². The molecule has 0 radical (unpaired) electrons. The smallest absolute Gasteiger partial charge is 0.332 e. The van der Waals surface area contributed by atoms with Gasteiger partial charge in [0.15, 0.2) is 0 Å². The van der Waals surface area contributed by atoms with E-state index in [1.807, 2.05) is 12.1 Å². The fourth-order valence-corrected chi connectivity index (χ4v) is 3.85. The number of thiophene rings is 1. The summed E-state index contributed by atoms with van der Waals surface area (Å²) in [7, 11) is 3.07. The first kappa shape index (κ1) is 21.1. The molecule has 0 spiro atoms. The highest BCUT2D eigenvalue weighted by Gasteiger charge is 2.17. The number of nitrogens with one attached hydrogen (secondary N) is 1. The minimum atomic E-state index is -1.17. The molecule has 2 heterocycles. The number of methoxy groups -OCH3 is 1. The molecule has 0 saturated heterocycles. The number of aryl methyl sites for hydroxylation is 1. The lowest BCUT2D eigenvalue weighted by Crippen LogP contribution is -2.38. The van der Waals surface area contributed by atoms with Crippen LogP contribution in [0.4, 0.5) is 0 Å². The highest BCUT2D eigenvalue weighted by atomic mass is 32.1. The number of carboxylic acid groups (broad SMARTS) is 1. The van der Waals surface area contributed by atoms with Crippen LogP contribution in [0.3, 0.4) is 0 Å². The molecule has 0 aliphatic heterocycles. The number of benzene rings is 1. The third-order valence-corrected chi connectivity index (χ3v) is 5.61. The predicted octanol–water partition coefficient (Wildman–Crippen LogP) is 1.34. The van der Waals surface area contributed by atoms with Gasteiger partial charge in [0.05, 0.1) is 17.4 Å². The van der Waals surface area contributed by atoms with Crippen LogP contribution in [0.25, 0.3) is 10.2 Å². The van der Waals surface area contributed by atoms with Crippen LogP contribution >= 0.6 is 11.3 Å². The molecule has 0 aliphatic carbocycles. The van der Waals surface area contributed by atoms with Crippen molar-refractivity contribution < 1.29 is 19.4 Å². The summed E-state index contributed by atoms with van der Waals surface area (Å²) in [5.74, 6) is -0.825. The molecule has 0 saturated carbocycles. The molecule has 9 nitrogen and oxygen atoms in total. The summed E-state index contributed by atoms with van der Waals surface area (Å²) >= 11 is 1.04. The molecule has 3 rings (SSSR count). The molecule has 156 valence electrons. The van der Waals surface area contributed by atoms with Crippen LogP contribution < -0.4 is 21.3 Å². The van der Waals surface area contributed by atoms with E-state index in [2.05, 4.69) is 5.32 Å². The van der Waals surface area contributed by atoms with Gasteiger partial charge in [-0.2, -0.15) is 0 Å². The Kier molecular flexibility index (Phi) is 6.17. The number of carboxylic acids is 1. The molecule has 1 aromatic carbocycles. The number of nitrogens with zero attached hydrogens (tertiary/aromatic N) is 2. The Morgan fingerprint density at radius 2 is 1.93 bits per heavy atom. The van der Waals surface area contributed by atoms with Gasteiger partial charge >= 0.3 is 11.7 Å². The van der Waals surface area contributed by atoms with E-state index in [9.17, 15) is 19.2 Å². The number of rotatable bonds is 7. The Bertz CT molecular complexity index is 1250. The van der Waals surface area contributed by atoms with E-state index >= 15 is 0 Å². The zero-order chi connectivity index (χ0) is 21.8. The minimum Gasteiger partial charge on any atom is -0.497 e. The van der Waals surface area contributed by atoms with E-state index in [4.69, 9.17) is 9.84 Å². The first-order valence-corrected chi connectivity index (χ1v) is 9.67. The summed E-state index contributed by atoms with van der Waals surface area (Å²) in [6, 6.07) is 8.69. The topological polar surface area (TPSA) is 120 Å². The maximum Gasteiger partial charge on any atom is 0.332 e. The van der Waals surface area contributed by atoms with E-state index in [0.29, 0.717) is 22.0 Å². The number of fused-ring (bicyclic) bond motifs is 1. The van der Waals surface area contributed by atoms with E-state index in [-0.39, 0.29) is 17.8 Å². The maximum absolute atomic E-state index is 12.7. The average Bonchev–Trinajstić information content (AvgIpc) is 3.19. The zero-order valence-corrected chi connectivity index (χ0v) is 17.1. The van der Waals surface area contributed by atoms with Gasteiger partial charge in [-0.05, 0) is 23.8 Å². The summed E-state index contributed by atoms with van der Waals surface area (Å²) < 4.78 is 7.30. The van der Waals surface area contributed by atoms with Gasteiger partial charge in [0.2, 0.25) is 0 Å². The van der Waals surface area contributed by atoms with E-state index in [0.717, 1.165) is 27.5 Å². The van der Waals surface area contributed by atoms with Crippen molar-refractivity contribution in [2.75, 3.05) is 7.11 Å². The fourth-order valence-electron chi connectivity index (χ4n) is 2.83. The van der Waals surface area contributed by atoms with Crippen molar-refractivity contribution in [3.05, 3.63) is 73.8 Å². The number of amides is 1. The molecule has 0 fully saturated rings. The molecule has 10 heteroatoms. The molecule has 0 unspecified atom stereocenters. The number of hydrogen-bond donors (Lipinski definition) is 2. The second-order valence-corrected chi connectivity index (χ2v) is 7.39. The second-order valence-electron chi connectivity index (χ2n) is 6.36. The predicted molar refractivity (Wildman–Crippen MR) is 112 cm³/mol. The Morgan fingerprint density at radius 1 is 1.23 bits per heavy atom. The first-order valence-electron chi connectivity index (χ1n) is 8.85. The van der Waals surface area contributed by atoms with E-state index in [1.165, 1.54) is 23.8 Å². The Morgan fingerprint density at radius 3 is 2.57 bits per heavy atom. The van der Waals surface area contributed by atoms with Crippen LogP contribution in [0, 0.1) is 0 Å². The van der Waals surface area contributed by atoms with Crippen LogP contribution in [0.1, 0.15) is 15.2 Å². The van der Waals surface area contributed by atoms with Crippen LogP contribution in [-0.4, -0.2) is 33.2 Å². The molecular formula is C20H19N3O6S. The van der Waals surface area contributed by atoms with Crippen molar-refractivity contribution >= 4 is 33.4 Å². The van der Waals surface area contributed by atoms with Crippen molar-refractivity contribution in [3.63, 3.8) is 0 Å². The number of carbonyl (C=O) groups is 2. The van der Waals surface area contributed by atoms with E-state index in [1.54, 1.807) is 19.2 Å². The van der Waals surface area contributed by atoms with Crippen molar-refractivity contribution in [2.45, 2.75) is 13.1 Å². The van der Waals surface area contributed by atoms with Crippen molar-refractivity contribution in [2.24, 2.45) is 7.05 Å². The van der Waals surface area contributed by atoms with Crippen LogP contribution in [0.5, 0.6) is 5.75 Å². The Labute approximate surface area is 174 Å². The highest BCUT2D eigenvalue weighted by Crippen LogP contribution is 2.22. The van der Waals surface area contributed by atoms with Crippen molar-refractivity contribution in [3.8, 4) is 5.75 Å². The number of carbonyl (C=O) groups excluding carboxylic acids is 1. The van der Waals surface area contributed by atoms with Gasteiger partial charge in [0.25, 0.3) is 11.5 Å². The fraction of sp³-hybridized carbons (Fsp3) is 0.200. The SMILES string of the molecule is COc1ccc(CNC(=O)c2cc3c(=O)n(CC=CC(=O)O)c(=O)n(C)c3s2)cc1. The largest absolute Gasteiger partial charge is 0.497 e. The summed E-state index contributed by atoms with van der Waals surface area (Å²) in [5.41, 5.74) is -0.284. The van der Waals surface area contributed by atoms with Gasteiger partial charge in [0, 0.05) is 26.2 Å². The molecule has 2 aromatic heterocycles. The third kappa shape index (κ3) is 4.33. The third-order valence-electron chi connectivity index (χ3n) is 4.39. The number of ether oxygens (including phenoxy) is 1. The van der Waals surface area contributed by atoms with Gasteiger partial charge in [-0.25, -0.2) is 9.59 Å². The van der Waals surface area contributed by atoms with Gasteiger partial charge in [0.1, 0.15) is 10.6 Å². The van der Waals surface area contributed by atoms with Gasteiger partial charge in [-0.15, -0.1) is 11.3 Å². The Balaban J connectivity index is 1.86. The highest BCUT2D eigenvalue weighted by molar-refractivity contribution is 7.20. The lowest BCUT2D eigenvalue weighted by Gasteiger charge is -2.05. The first-order chi connectivity index (χ1) is 14.3. The zero-order valence-electron chi connectivity index (χ0n) is 16.2. The van der Waals surface area contributed by atoms with E-state index < -0.39 is 17.2 Å². The maximum atomic E-state index is 12.7. The van der Waals surface area contributed by atoms with Crippen LogP contribution in [0.15, 0.2) is 52.1 Å². The summed E-state index contributed by atoms with van der Waals surface area (Å²) in [4.78, 5) is 49.0. The number of aliphatic carboxylic acids is 1. The number of aromatic nitrogens is 2. The standard InChI is InChI=1S/C20H19N3O6S/c1-22-19-14(18(27)23(20(22)28)9-3-4-16(24)25)10-15(30-19)17(26)21-11-12-5-7-13(29-2)8-6-12/h3-8,10H,9,11H2,1-2H3,(H,21,26)(H,24,25). The molecule has 0 atom stereocenters. The van der Waals surface area contributed by atoms with Crippen molar-refractivity contribution in [1.29, 1.82) is 0 Å². The quantitative estimate of drug-likeness (QED) is 0.547. The molecule has 0 bridgehead atoms. The molecule has 3 aromatic rings. The molecule has 1 amide bonds. The Hall–Kier alpha value is -3.66. The normalized spacial score (nSPS) is 11.1. The molecule has 0 aliphatic rings. The number of hydrogen-bond acceptors (Lipinski definition) is 6. The second kappa shape index (κ2) is 8.78. The molecule has 30 heavy (non-hydrogen) atoms. The van der Waals surface area contributed by atoms with Gasteiger partial charge < -0.3 is 15.2 Å². The monoisotopic (exact) mass is 429 g/mol. The van der Waals surface area contributed by atoms with Gasteiger partial charge in [-0.3, -0.25) is 18.7 Å². The lowest BCUT2D eigenvalue weighted by atomic mass is 10.2.